The summed E-state index contributed by atoms with van der Waals surface area (Å²) in [4.78, 5) is 11.1. The number of aryl methyl sites for hydroxylation is 1. The van der Waals surface area contributed by atoms with Crippen LogP contribution in [0.4, 0.5) is 5.69 Å². The van der Waals surface area contributed by atoms with Gasteiger partial charge in [-0.25, -0.2) is 4.79 Å². The maximum Gasteiger partial charge on any atom is 0.337 e. The molecule has 0 atom stereocenters. The molecule has 4 heteroatoms. The minimum Gasteiger partial charge on any atom is -0.496 e. The molecule has 2 aromatic carbocycles. The number of anilines is 1. The molecular formula is C16H17NO3. The van der Waals surface area contributed by atoms with E-state index in [0.29, 0.717) is 12.2 Å². The van der Waals surface area contributed by atoms with Gasteiger partial charge in [0.25, 0.3) is 0 Å². The summed E-state index contributed by atoms with van der Waals surface area (Å²) in [5.74, 6) is -0.0845. The summed E-state index contributed by atoms with van der Waals surface area (Å²) in [6.07, 6.45) is 0. The SMILES string of the molecule is COc1ccc(CNc2ccccc2C(=O)O)cc1C. The van der Waals surface area contributed by atoms with Crippen LogP contribution >= 0.6 is 0 Å². The molecule has 0 unspecified atom stereocenters. The van der Waals surface area contributed by atoms with Gasteiger partial charge >= 0.3 is 5.97 Å². The molecule has 2 rings (SSSR count). The number of nitrogens with one attached hydrogen (secondary N) is 1. The number of para-hydroxylation sites is 1. The van der Waals surface area contributed by atoms with E-state index < -0.39 is 5.97 Å². The van der Waals surface area contributed by atoms with Crippen LogP contribution in [-0.4, -0.2) is 18.2 Å². The second-order valence-electron chi connectivity index (χ2n) is 4.51. The first-order valence-electron chi connectivity index (χ1n) is 6.31. The maximum atomic E-state index is 11.1. The zero-order chi connectivity index (χ0) is 14.5. The molecule has 0 saturated carbocycles. The summed E-state index contributed by atoms with van der Waals surface area (Å²) >= 11 is 0. The number of methoxy groups -OCH3 is 1. The fourth-order valence-corrected chi connectivity index (χ4v) is 2.07. The van der Waals surface area contributed by atoms with Crippen molar-refractivity contribution < 1.29 is 14.6 Å². The molecule has 0 spiro atoms. The zero-order valence-electron chi connectivity index (χ0n) is 11.5. The maximum absolute atomic E-state index is 11.1. The summed E-state index contributed by atoms with van der Waals surface area (Å²) < 4.78 is 5.22. The first-order chi connectivity index (χ1) is 9.61. The van der Waals surface area contributed by atoms with Crippen molar-refractivity contribution in [3.05, 3.63) is 59.2 Å². The smallest absolute Gasteiger partial charge is 0.337 e. The van der Waals surface area contributed by atoms with E-state index in [9.17, 15) is 4.79 Å². The van der Waals surface area contributed by atoms with Gasteiger partial charge < -0.3 is 15.2 Å². The normalized spacial score (nSPS) is 10.1. The van der Waals surface area contributed by atoms with Gasteiger partial charge in [-0.3, -0.25) is 0 Å². The quantitative estimate of drug-likeness (QED) is 0.876. The third kappa shape index (κ3) is 3.09. The van der Waals surface area contributed by atoms with E-state index in [1.165, 1.54) is 0 Å². The lowest BCUT2D eigenvalue weighted by Gasteiger charge is -2.11. The minimum absolute atomic E-state index is 0.276. The average molecular weight is 271 g/mol. The Kier molecular flexibility index (Phi) is 4.25. The molecule has 0 heterocycles. The molecule has 0 radical (unpaired) electrons. The summed E-state index contributed by atoms with van der Waals surface area (Å²) in [6, 6.07) is 12.8. The van der Waals surface area contributed by atoms with Crippen molar-refractivity contribution in [2.75, 3.05) is 12.4 Å². The molecule has 0 bridgehead atoms. The Morgan fingerprint density at radius 2 is 2.00 bits per heavy atom. The fraction of sp³-hybridized carbons (Fsp3) is 0.188. The highest BCUT2D eigenvalue weighted by atomic mass is 16.5. The highest BCUT2D eigenvalue weighted by Gasteiger charge is 2.08. The van der Waals surface area contributed by atoms with Crippen LogP contribution in [0.3, 0.4) is 0 Å². The first-order valence-corrected chi connectivity index (χ1v) is 6.31. The van der Waals surface area contributed by atoms with Crippen molar-refractivity contribution in [3.8, 4) is 5.75 Å². The predicted molar refractivity (Wildman–Crippen MR) is 78.5 cm³/mol. The summed E-state index contributed by atoms with van der Waals surface area (Å²) in [6.45, 7) is 2.54. The Bertz CT molecular complexity index is 623. The second-order valence-corrected chi connectivity index (χ2v) is 4.51. The molecule has 0 aliphatic carbocycles. The fourth-order valence-electron chi connectivity index (χ4n) is 2.07. The highest BCUT2D eigenvalue weighted by molar-refractivity contribution is 5.94. The van der Waals surface area contributed by atoms with Crippen molar-refractivity contribution in [2.24, 2.45) is 0 Å². The van der Waals surface area contributed by atoms with E-state index in [-0.39, 0.29) is 5.56 Å². The number of benzene rings is 2. The topological polar surface area (TPSA) is 58.6 Å². The van der Waals surface area contributed by atoms with Gasteiger partial charge in [0.2, 0.25) is 0 Å². The van der Waals surface area contributed by atoms with Gasteiger partial charge in [0, 0.05) is 12.2 Å². The van der Waals surface area contributed by atoms with E-state index in [4.69, 9.17) is 9.84 Å². The third-order valence-corrected chi connectivity index (χ3v) is 3.10. The number of hydrogen-bond donors (Lipinski definition) is 2. The van der Waals surface area contributed by atoms with Gasteiger partial charge in [-0.15, -0.1) is 0 Å². The van der Waals surface area contributed by atoms with Crippen LogP contribution in [0.2, 0.25) is 0 Å². The third-order valence-electron chi connectivity index (χ3n) is 3.10. The number of rotatable bonds is 5. The van der Waals surface area contributed by atoms with Crippen LogP contribution in [0.15, 0.2) is 42.5 Å². The van der Waals surface area contributed by atoms with Gasteiger partial charge in [-0.05, 0) is 36.2 Å². The van der Waals surface area contributed by atoms with Gasteiger partial charge in [-0.2, -0.15) is 0 Å². The lowest BCUT2D eigenvalue weighted by molar-refractivity contribution is 0.0698. The molecule has 20 heavy (non-hydrogen) atoms. The lowest BCUT2D eigenvalue weighted by Crippen LogP contribution is -2.06. The molecule has 0 aromatic heterocycles. The van der Waals surface area contributed by atoms with Gasteiger partial charge in [0.05, 0.1) is 12.7 Å². The van der Waals surface area contributed by atoms with Crippen LogP contribution in [0.5, 0.6) is 5.75 Å². The van der Waals surface area contributed by atoms with Gasteiger partial charge in [0.15, 0.2) is 0 Å². The summed E-state index contributed by atoms with van der Waals surface area (Å²) in [5.41, 5.74) is 3.02. The summed E-state index contributed by atoms with van der Waals surface area (Å²) in [7, 11) is 1.64. The molecule has 4 nitrogen and oxygen atoms in total. The molecule has 0 aliphatic rings. The highest BCUT2D eigenvalue weighted by Crippen LogP contribution is 2.20. The standard InChI is InChI=1S/C16H17NO3/c1-11-9-12(7-8-15(11)20-2)10-17-14-6-4-3-5-13(14)16(18)19/h3-9,17H,10H2,1-2H3,(H,18,19). The second kappa shape index (κ2) is 6.10. The summed E-state index contributed by atoms with van der Waals surface area (Å²) in [5, 5.41) is 12.3. The number of carboxylic acid groups (broad SMARTS) is 1. The van der Waals surface area contributed by atoms with Crippen molar-refractivity contribution in [1.29, 1.82) is 0 Å². The molecule has 2 aromatic rings. The monoisotopic (exact) mass is 271 g/mol. The first kappa shape index (κ1) is 13.9. The number of carboxylic acids is 1. The van der Waals surface area contributed by atoms with Gasteiger partial charge in [0.1, 0.15) is 5.75 Å². The van der Waals surface area contributed by atoms with Crippen molar-refractivity contribution in [3.63, 3.8) is 0 Å². The predicted octanol–water partition coefficient (Wildman–Crippen LogP) is 3.31. The zero-order valence-corrected chi connectivity index (χ0v) is 11.5. The van der Waals surface area contributed by atoms with E-state index in [0.717, 1.165) is 16.9 Å². The van der Waals surface area contributed by atoms with E-state index in [1.807, 2.05) is 31.2 Å². The minimum atomic E-state index is -0.931. The van der Waals surface area contributed by atoms with Gasteiger partial charge in [-0.1, -0.05) is 24.3 Å². The number of hydrogen-bond acceptors (Lipinski definition) is 3. The Morgan fingerprint density at radius 1 is 1.25 bits per heavy atom. The van der Waals surface area contributed by atoms with Crippen molar-refractivity contribution in [2.45, 2.75) is 13.5 Å². The number of aromatic carboxylic acids is 1. The molecule has 104 valence electrons. The Morgan fingerprint density at radius 3 is 2.65 bits per heavy atom. The Labute approximate surface area is 118 Å². The average Bonchev–Trinajstić information content (AvgIpc) is 2.45. The van der Waals surface area contributed by atoms with E-state index in [2.05, 4.69) is 5.32 Å². The Balaban J connectivity index is 2.13. The largest absolute Gasteiger partial charge is 0.496 e. The molecule has 0 fully saturated rings. The molecule has 2 N–H and O–H groups in total. The number of carbonyl (C=O) groups is 1. The molecular weight excluding hydrogens is 254 g/mol. The number of ether oxygens (including phenoxy) is 1. The van der Waals surface area contributed by atoms with Crippen LogP contribution < -0.4 is 10.1 Å². The molecule has 0 aliphatic heterocycles. The van der Waals surface area contributed by atoms with Crippen molar-refractivity contribution >= 4 is 11.7 Å². The molecule has 0 amide bonds. The lowest BCUT2D eigenvalue weighted by atomic mass is 10.1. The Hall–Kier alpha value is -2.49. The van der Waals surface area contributed by atoms with Crippen molar-refractivity contribution in [1.82, 2.24) is 0 Å². The van der Waals surface area contributed by atoms with Crippen LogP contribution in [-0.2, 0) is 6.54 Å². The van der Waals surface area contributed by atoms with Crippen LogP contribution in [0, 0.1) is 6.92 Å². The molecule has 0 saturated heterocycles. The van der Waals surface area contributed by atoms with Crippen LogP contribution in [0.1, 0.15) is 21.5 Å². The van der Waals surface area contributed by atoms with E-state index >= 15 is 0 Å². The van der Waals surface area contributed by atoms with E-state index in [1.54, 1.807) is 25.3 Å². The van der Waals surface area contributed by atoms with Crippen LogP contribution in [0.25, 0.3) is 0 Å².